The molecule has 1 rings (SSSR count). The summed E-state index contributed by atoms with van der Waals surface area (Å²) in [5, 5.41) is 2.91. The molecule has 0 fully saturated rings. The van der Waals surface area contributed by atoms with Gasteiger partial charge < -0.3 is 5.32 Å². The van der Waals surface area contributed by atoms with E-state index in [9.17, 15) is 4.79 Å². The third-order valence-corrected chi connectivity index (χ3v) is 2.21. The normalized spacial score (nSPS) is 10.5. The quantitative estimate of drug-likeness (QED) is 0.826. The molecule has 0 aliphatic carbocycles. The van der Waals surface area contributed by atoms with Crippen molar-refractivity contribution in [1.29, 1.82) is 0 Å². The lowest BCUT2D eigenvalue weighted by atomic mass is 10.1. The summed E-state index contributed by atoms with van der Waals surface area (Å²) >= 11 is 0. The van der Waals surface area contributed by atoms with E-state index in [1.165, 1.54) is 0 Å². The van der Waals surface area contributed by atoms with Crippen LogP contribution in [0.25, 0.3) is 0 Å². The Hall–Kier alpha value is -1.38. The van der Waals surface area contributed by atoms with Gasteiger partial charge in [0, 0.05) is 12.6 Å². The number of carbonyl (C=O) groups excluding carboxylic acids is 1. The summed E-state index contributed by atoms with van der Waals surface area (Å²) in [5.74, 6) is 0.437. The zero-order valence-corrected chi connectivity index (χ0v) is 9.79. The van der Waals surface area contributed by atoms with Crippen molar-refractivity contribution in [3.05, 3.63) is 23.5 Å². The molecule has 3 nitrogen and oxygen atoms in total. The molecule has 0 bridgehead atoms. The van der Waals surface area contributed by atoms with Crippen LogP contribution >= 0.6 is 0 Å². The average Bonchev–Trinajstić information content (AvgIpc) is 2.10. The number of aromatic nitrogens is 1. The van der Waals surface area contributed by atoms with Gasteiger partial charge in [0.05, 0.1) is 11.4 Å². The number of rotatable bonds is 3. The zero-order chi connectivity index (χ0) is 11.4. The van der Waals surface area contributed by atoms with E-state index in [-0.39, 0.29) is 5.91 Å². The Morgan fingerprint density at radius 3 is 2.67 bits per heavy atom. The molecule has 3 heteroatoms. The van der Waals surface area contributed by atoms with E-state index in [4.69, 9.17) is 0 Å². The Kier molecular flexibility index (Phi) is 3.83. The van der Waals surface area contributed by atoms with Gasteiger partial charge in [0.15, 0.2) is 0 Å². The fourth-order valence-electron chi connectivity index (χ4n) is 1.44. The van der Waals surface area contributed by atoms with E-state index >= 15 is 0 Å². The fraction of sp³-hybridized carbons (Fsp3) is 0.500. The molecule has 15 heavy (non-hydrogen) atoms. The number of amides is 1. The van der Waals surface area contributed by atoms with Crippen molar-refractivity contribution < 1.29 is 4.79 Å². The lowest BCUT2D eigenvalue weighted by Crippen LogP contribution is -2.15. The first-order valence-electron chi connectivity index (χ1n) is 5.22. The standard InChI is InChI=1S/C12H18N2O/c1-8(2)7-11(15)14-12-9(3)5-6-13-10(12)4/h5-6,8H,7H2,1-4H3,(H,14,15). The second-order valence-corrected chi connectivity index (χ2v) is 4.23. The molecule has 0 saturated heterocycles. The first-order valence-corrected chi connectivity index (χ1v) is 5.22. The number of hydrogen-bond acceptors (Lipinski definition) is 2. The number of carbonyl (C=O) groups is 1. The minimum Gasteiger partial charge on any atom is -0.324 e. The Morgan fingerprint density at radius 1 is 1.47 bits per heavy atom. The van der Waals surface area contributed by atoms with E-state index in [2.05, 4.69) is 10.3 Å². The first-order chi connectivity index (χ1) is 7.00. The predicted octanol–water partition coefficient (Wildman–Crippen LogP) is 2.68. The highest BCUT2D eigenvalue weighted by atomic mass is 16.1. The van der Waals surface area contributed by atoms with Crippen molar-refractivity contribution in [1.82, 2.24) is 4.98 Å². The van der Waals surface area contributed by atoms with Crippen LogP contribution in [0.15, 0.2) is 12.3 Å². The van der Waals surface area contributed by atoms with E-state index in [0.29, 0.717) is 12.3 Å². The molecule has 1 N–H and O–H groups in total. The number of hydrogen-bond donors (Lipinski definition) is 1. The summed E-state index contributed by atoms with van der Waals surface area (Å²) in [6.07, 6.45) is 2.30. The molecule has 1 heterocycles. The SMILES string of the molecule is Cc1ccnc(C)c1NC(=O)CC(C)C. The molecule has 0 aliphatic heterocycles. The molecule has 0 spiro atoms. The second-order valence-electron chi connectivity index (χ2n) is 4.23. The van der Waals surface area contributed by atoms with Crippen LogP contribution in [0.1, 0.15) is 31.5 Å². The number of nitrogens with zero attached hydrogens (tertiary/aromatic N) is 1. The third-order valence-electron chi connectivity index (χ3n) is 2.21. The summed E-state index contributed by atoms with van der Waals surface area (Å²) in [6.45, 7) is 7.93. The molecule has 1 amide bonds. The van der Waals surface area contributed by atoms with Crippen LogP contribution in [-0.2, 0) is 4.79 Å². The van der Waals surface area contributed by atoms with E-state index in [0.717, 1.165) is 16.9 Å². The Bertz CT molecular complexity index is 338. The summed E-state index contributed by atoms with van der Waals surface area (Å²) in [6, 6.07) is 1.90. The second kappa shape index (κ2) is 4.91. The van der Waals surface area contributed by atoms with Crippen molar-refractivity contribution in [3.8, 4) is 0 Å². The lowest BCUT2D eigenvalue weighted by molar-refractivity contribution is -0.116. The largest absolute Gasteiger partial charge is 0.324 e. The van der Waals surface area contributed by atoms with Gasteiger partial charge in [0.25, 0.3) is 0 Å². The van der Waals surface area contributed by atoms with Gasteiger partial charge in [-0.25, -0.2) is 0 Å². The Morgan fingerprint density at radius 2 is 2.13 bits per heavy atom. The van der Waals surface area contributed by atoms with Gasteiger partial charge in [-0.2, -0.15) is 0 Å². The smallest absolute Gasteiger partial charge is 0.224 e. The van der Waals surface area contributed by atoms with Gasteiger partial charge in [0.1, 0.15) is 0 Å². The maximum absolute atomic E-state index is 11.6. The highest BCUT2D eigenvalue weighted by Crippen LogP contribution is 2.17. The molecule has 0 aliphatic rings. The molecule has 1 aromatic rings. The minimum absolute atomic E-state index is 0.0594. The predicted molar refractivity (Wildman–Crippen MR) is 61.8 cm³/mol. The molecule has 0 unspecified atom stereocenters. The van der Waals surface area contributed by atoms with Crippen molar-refractivity contribution in [2.24, 2.45) is 5.92 Å². The van der Waals surface area contributed by atoms with E-state index in [1.807, 2.05) is 33.8 Å². The van der Waals surface area contributed by atoms with Gasteiger partial charge in [-0.3, -0.25) is 9.78 Å². The maximum Gasteiger partial charge on any atom is 0.224 e. The maximum atomic E-state index is 11.6. The summed E-state index contributed by atoms with van der Waals surface area (Å²) in [4.78, 5) is 15.7. The highest BCUT2D eigenvalue weighted by molar-refractivity contribution is 5.92. The Balaban J connectivity index is 2.76. The zero-order valence-electron chi connectivity index (χ0n) is 9.79. The van der Waals surface area contributed by atoms with Crippen LogP contribution in [0.4, 0.5) is 5.69 Å². The van der Waals surface area contributed by atoms with Crippen molar-refractivity contribution in [3.63, 3.8) is 0 Å². The van der Waals surface area contributed by atoms with Crippen LogP contribution in [0.2, 0.25) is 0 Å². The monoisotopic (exact) mass is 206 g/mol. The van der Waals surface area contributed by atoms with Crippen molar-refractivity contribution >= 4 is 11.6 Å². The molecular formula is C12H18N2O. The molecule has 0 atom stereocenters. The third kappa shape index (κ3) is 3.35. The van der Waals surface area contributed by atoms with Crippen LogP contribution in [0.5, 0.6) is 0 Å². The van der Waals surface area contributed by atoms with Crippen molar-refractivity contribution in [2.45, 2.75) is 34.1 Å². The average molecular weight is 206 g/mol. The van der Waals surface area contributed by atoms with Crippen LogP contribution < -0.4 is 5.32 Å². The molecule has 0 radical (unpaired) electrons. The number of nitrogens with one attached hydrogen (secondary N) is 1. The topological polar surface area (TPSA) is 42.0 Å². The van der Waals surface area contributed by atoms with Gasteiger partial charge in [-0.15, -0.1) is 0 Å². The van der Waals surface area contributed by atoms with Crippen LogP contribution in [0.3, 0.4) is 0 Å². The fourth-order valence-corrected chi connectivity index (χ4v) is 1.44. The molecule has 82 valence electrons. The lowest BCUT2D eigenvalue weighted by Gasteiger charge is -2.11. The van der Waals surface area contributed by atoms with Crippen LogP contribution in [-0.4, -0.2) is 10.9 Å². The van der Waals surface area contributed by atoms with Gasteiger partial charge in [-0.05, 0) is 31.4 Å². The van der Waals surface area contributed by atoms with Crippen molar-refractivity contribution in [2.75, 3.05) is 5.32 Å². The van der Waals surface area contributed by atoms with Gasteiger partial charge in [-0.1, -0.05) is 13.8 Å². The summed E-state index contributed by atoms with van der Waals surface area (Å²) in [7, 11) is 0. The van der Waals surface area contributed by atoms with Gasteiger partial charge in [0.2, 0.25) is 5.91 Å². The Labute approximate surface area is 90.9 Å². The van der Waals surface area contributed by atoms with Crippen LogP contribution in [0, 0.1) is 19.8 Å². The van der Waals surface area contributed by atoms with Gasteiger partial charge >= 0.3 is 0 Å². The molecule has 0 aromatic carbocycles. The highest BCUT2D eigenvalue weighted by Gasteiger charge is 2.09. The number of aryl methyl sites for hydroxylation is 2. The van der Waals surface area contributed by atoms with E-state index in [1.54, 1.807) is 6.20 Å². The number of anilines is 1. The summed E-state index contributed by atoms with van der Waals surface area (Å²) in [5.41, 5.74) is 2.77. The van der Waals surface area contributed by atoms with E-state index < -0.39 is 0 Å². The summed E-state index contributed by atoms with van der Waals surface area (Å²) < 4.78 is 0. The molecular weight excluding hydrogens is 188 g/mol. The minimum atomic E-state index is 0.0594. The number of pyridine rings is 1. The molecule has 1 aromatic heterocycles. The first kappa shape index (κ1) is 11.7. The molecule has 0 saturated carbocycles.